The number of nitrogens with two attached hydrogens (primary N) is 1. The minimum absolute atomic E-state index is 0.252. The van der Waals surface area contributed by atoms with Crippen LogP contribution in [-0.2, 0) is 0 Å². The second-order valence-corrected chi connectivity index (χ2v) is 3.19. The molecule has 90 valence electrons. The van der Waals surface area contributed by atoms with Crippen LogP contribution in [0.3, 0.4) is 0 Å². The molecule has 1 rings (SSSR count). The molecule has 0 saturated heterocycles. The van der Waals surface area contributed by atoms with Crippen molar-refractivity contribution < 1.29 is 22.3 Å². The van der Waals surface area contributed by atoms with Crippen LogP contribution in [0.1, 0.15) is 11.5 Å². The molecule has 0 fully saturated rings. The van der Waals surface area contributed by atoms with E-state index < -0.39 is 36.3 Å². The van der Waals surface area contributed by atoms with Crippen LogP contribution in [0.15, 0.2) is 12.1 Å². The van der Waals surface area contributed by atoms with Gasteiger partial charge in [-0.25, -0.2) is 17.6 Å². The Bertz CT molecular complexity index is 370. The summed E-state index contributed by atoms with van der Waals surface area (Å²) < 4.78 is 55.9. The Morgan fingerprint density at radius 2 is 1.94 bits per heavy atom. The van der Waals surface area contributed by atoms with Crippen LogP contribution in [-0.4, -0.2) is 20.1 Å². The Morgan fingerprint density at radius 3 is 2.38 bits per heavy atom. The average molecular weight is 237 g/mol. The van der Waals surface area contributed by atoms with Gasteiger partial charge in [0.1, 0.15) is 5.82 Å². The molecule has 1 atom stereocenters. The van der Waals surface area contributed by atoms with Crippen molar-refractivity contribution in [1.82, 2.24) is 0 Å². The molecule has 1 aromatic rings. The van der Waals surface area contributed by atoms with E-state index in [2.05, 4.69) is 4.74 Å². The van der Waals surface area contributed by atoms with E-state index in [1.165, 1.54) is 0 Å². The van der Waals surface area contributed by atoms with Gasteiger partial charge in [0.25, 0.3) is 0 Å². The van der Waals surface area contributed by atoms with Gasteiger partial charge in [-0.2, -0.15) is 0 Å². The summed E-state index contributed by atoms with van der Waals surface area (Å²) in [5.41, 5.74) is 4.90. The van der Waals surface area contributed by atoms with Gasteiger partial charge in [0, 0.05) is 18.2 Å². The zero-order valence-corrected chi connectivity index (χ0v) is 8.51. The van der Waals surface area contributed by atoms with Gasteiger partial charge in [-0.15, -0.1) is 0 Å². The predicted molar refractivity (Wildman–Crippen MR) is 50.7 cm³/mol. The number of alkyl halides is 2. The highest BCUT2D eigenvalue weighted by molar-refractivity contribution is 5.39. The summed E-state index contributed by atoms with van der Waals surface area (Å²) in [6.45, 7) is -0.420. The van der Waals surface area contributed by atoms with Crippen LogP contribution >= 0.6 is 0 Å². The zero-order valence-electron chi connectivity index (χ0n) is 8.51. The minimum Gasteiger partial charge on any atom is -0.493 e. The first-order valence-corrected chi connectivity index (χ1v) is 4.52. The van der Waals surface area contributed by atoms with Gasteiger partial charge < -0.3 is 10.5 Å². The maximum atomic E-state index is 13.2. The maximum Gasteiger partial charge on any atom is 0.246 e. The van der Waals surface area contributed by atoms with E-state index in [9.17, 15) is 17.6 Å². The highest BCUT2D eigenvalue weighted by Gasteiger charge is 2.26. The lowest BCUT2D eigenvalue weighted by Crippen LogP contribution is -2.21. The Balaban J connectivity index is 3.29. The molecule has 0 aliphatic carbocycles. The summed E-state index contributed by atoms with van der Waals surface area (Å²) >= 11 is 0. The maximum absolute atomic E-state index is 13.2. The number of ether oxygens (including phenoxy) is 1. The normalized spacial score (nSPS) is 12.9. The van der Waals surface area contributed by atoms with Crippen molar-refractivity contribution in [2.45, 2.75) is 12.3 Å². The van der Waals surface area contributed by atoms with Gasteiger partial charge in [-0.1, -0.05) is 0 Å². The summed E-state index contributed by atoms with van der Waals surface area (Å²) in [5.74, 6) is -3.79. The zero-order chi connectivity index (χ0) is 12.3. The highest BCUT2D eigenvalue weighted by Crippen LogP contribution is 2.33. The molecule has 0 aliphatic rings. The number of rotatable bonds is 4. The molecule has 0 bridgehead atoms. The Labute approximate surface area is 90.0 Å². The summed E-state index contributed by atoms with van der Waals surface area (Å²) in [6, 6.07) is 1.38. The van der Waals surface area contributed by atoms with Gasteiger partial charge in [-0.3, -0.25) is 0 Å². The first kappa shape index (κ1) is 12.8. The molecule has 1 unspecified atom stereocenters. The number of methoxy groups -OCH3 is 1. The van der Waals surface area contributed by atoms with Crippen molar-refractivity contribution >= 4 is 0 Å². The predicted octanol–water partition coefficient (Wildman–Crippen LogP) is 2.28. The molecule has 6 heteroatoms. The van der Waals surface area contributed by atoms with E-state index in [4.69, 9.17) is 5.73 Å². The third-order valence-electron chi connectivity index (χ3n) is 2.20. The topological polar surface area (TPSA) is 35.2 Å². The van der Waals surface area contributed by atoms with Crippen molar-refractivity contribution in [1.29, 1.82) is 0 Å². The van der Waals surface area contributed by atoms with Gasteiger partial charge in [-0.05, 0) is 6.07 Å². The fourth-order valence-electron chi connectivity index (χ4n) is 1.44. The van der Waals surface area contributed by atoms with Crippen LogP contribution in [0.5, 0.6) is 5.75 Å². The second-order valence-electron chi connectivity index (χ2n) is 3.19. The van der Waals surface area contributed by atoms with E-state index in [0.29, 0.717) is 6.07 Å². The van der Waals surface area contributed by atoms with Gasteiger partial charge in [0.05, 0.1) is 13.0 Å². The first-order chi connectivity index (χ1) is 7.51. The SMILES string of the molecule is COc1c(F)cc(F)cc1C(CN)C(F)F. The summed E-state index contributed by atoms with van der Waals surface area (Å²) in [6.07, 6.45) is -2.81. The van der Waals surface area contributed by atoms with Crippen molar-refractivity contribution in [2.75, 3.05) is 13.7 Å². The molecule has 0 spiro atoms. The van der Waals surface area contributed by atoms with Crippen molar-refractivity contribution in [3.05, 3.63) is 29.3 Å². The van der Waals surface area contributed by atoms with Crippen LogP contribution in [0.2, 0.25) is 0 Å². The largest absolute Gasteiger partial charge is 0.493 e. The first-order valence-electron chi connectivity index (χ1n) is 4.52. The molecule has 0 radical (unpaired) electrons. The van der Waals surface area contributed by atoms with E-state index in [1.807, 2.05) is 0 Å². The number of hydrogen-bond acceptors (Lipinski definition) is 2. The minimum atomic E-state index is -2.81. The van der Waals surface area contributed by atoms with Crippen LogP contribution < -0.4 is 10.5 Å². The third-order valence-corrected chi connectivity index (χ3v) is 2.20. The van der Waals surface area contributed by atoms with E-state index >= 15 is 0 Å². The van der Waals surface area contributed by atoms with Gasteiger partial charge in [0.2, 0.25) is 6.43 Å². The smallest absolute Gasteiger partial charge is 0.246 e. The molecule has 0 amide bonds. The summed E-state index contributed by atoms with van der Waals surface area (Å²) in [5, 5.41) is 0. The Morgan fingerprint density at radius 1 is 1.31 bits per heavy atom. The standard InChI is InChI=1S/C10H11F4NO/c1-16-9-6(7(4-15)10(13)14)2-5(11)3-8(9)12/h2-3,7,10H,4,15H2,1H3. The lowest BCUT2D eigenvalue weighted by Gasteiger charge is -2.17. The van der Waals surface area contributed by atoms with E-state index in [0.717, 1.165) is 13.2 Å². The monoisotopic (exact) mass is 237 g/mol. The lowest BCUT2D eigenvalue weighted by molar-refractivity contribution is 0.115. The van der Waals surface area contributed by atoms with Crippen molar-refractivity contribution in [3.63, 3.8) is 0 Å². The highest BCUT2D eigenvalue weighted by atomic mass is 19.3. The molecule has 1 aromatic carbocycles. The molecule has 16 heavy (non-hydrogen) atoms. The fourth-order valence-corrected chi connectivity index (χ4v) is 1.44. The number of hydrogen-bond donors (Lipinski definition) is 1. The second kappa shape index (κ2) is 5.16. The number of benzene rings is 1. The van der Waals surface area contributed by atoms with Crippen LogP contribution in [0, 0.1) is 11.6 Å². The third kappa shape index (κ3) is 2.44. The van der Waals surface area contributed by atoms with Gasteiger partial charge >= 0.3 is 0 Å². The summed E-state index contributed by atoms with van der Waals surface area (Å²) in [4.78, 5) is 0. The molecule has 0 saturated carbocycles. The quantitative estimate of drug-likeness (QED) is 0.815. The molecule has 0 aliphatic heterocycles. The van der Waals surface area contributed by atoms with Crippen LogP contribution in [0.25, 0.3) is 0 Å². The molecule has 2 N–H and O–H groups in total. The number of halogens is 4. The fraction of sp³-hybridized carbons (Fsp3) is 0.400. The summed E-state index contributed by atoms with van der Waals surface area (Å²) in [7, 11) is 1.12. The molecule has 0 aromatic heterocycles. The molecule has 0 heterocycles. The lowest BCUT2D eigenvalue weighted by atomic mass is 9.98. The molecule has 2 nitrogen and oxygen atoms in total. The van der Waals surface area contributed by atoms with Crippen molar-refractivity contribution in [2.24, 2.45) is 5.73 Å². The van der Waals surface area contributed by atoms with Crippen LogP contribution in [0.4, 0.5) is 17.6 Å². The molecular formula is C10H11F4NO. The van der Waals surface area contributed by atoms with E-state index in [-0.39, 0.29) is 5.56 Å². The van der Waals surface area contributed by atoms with Crippen molar-refractivity contribution in [3.8, 4) is 5.75 Å². The van der Waals surface area contributed by atoms with E-state index in [1.54, 1.807) is 0 Å². The Kier molecular flexibility index (Phi) is 4.12. The average Bonchev–Trinajstić information content (AvgIpc) is 2.17. The van der Waals surface area contributed by atoms with Gasteiger partial charge in [0.15, 0.2) is 11.6 Å². The Hall–Kier alpha value is -1.30. The molecular weight excluding hydrogens is 226 g/mol.